The van der Waals surface area contributed by atoms with E-state index >= 15 is 0 Å². The summed E-state index contributed by atoms with van der Waals surface area (Å²) in [5.74, 6) is -1.11. The topological polar surface area (TPSA) is 66.8 Å². The lowest BCUT2D eigenvalue weighted by Gasteiger charge is -2.39. The first-order valence-electron chi connectivity index (χ1n) is 6.73. The molecule has 1 N–H and O–H groups in total. The van der Waals surface area contributed by atoms with E-state index in [1.54, 1.807) is 11.8 Å². The van der Waals surface area contributed by atoms with Crippen LogP contribution in [0.5, 0.6) is 0 Å². The van der Waals surface area contributed by atoms with Crippen LogP contribution in [0.15, 0.2) is 0 Å². The van der Waals surface area contributed by atoms with Gasteiger partial charge in [-0.05, 0) is 26.7 Å². The Morgan fingerprint density at radius 2 is 2.00 bits per heavy atom. The van der Waals surface area contributed by atoms with Crippen LogP contribution < -0.4 is 0 Å². The minimum atomic E-state index is -1.01. The fourth-order valence-electron chi connectivity index (χ4n) is 2.18. The SMILES string of the molecule is CC(C)C(C)(CC(=O)N1CCOC(C)(C)C1)C(=O)O. The Kier molecular flexibility index (Phi) is 4.61. The molecule has 0 spiro atoms. The Balaban J connectivity index is 2.76. The highest BCUT2D eigenvalue weighted by Crippen LogP contribution is 2.32. The van der Waals surface area contributed by atoms with E-state index in [2.05, 4.69) is 0 Å². The molecule has 1 aliphatic rings. The molecule has 0 radical (unpaired) electrons. The van der Waals surface area contributed by atoms with Crippen molar-refractivity contribution in [2.45, 2.75) is 46.6 Å². The van der Waals surface area contributed by atoms with E-state index in [0.29, 0.717) is 19.7 Å². The number of carboxylic acid groups (broad SMARTS) is 1. The number of hydrogen-bond donors (Lipinski definition) is 1. The van der Waals surface area contributed by atoms with Crippen molar-refractivity contribution < 1.29 is 19.4 Å². The summed E-state index contributed by atoms with van der Waals surface area (Å²) in [5, 5.41) is 9.36. The molecule has 5 heteroatoms. The monoisotopic (exact) mass is 271 g/mol. The van der Waals surface area contributed by atoms with Crippen molar-refractivity contribution in [2.75, 3.05) is 19.7 Å². The standard InChI is InChI=1S/C14H25NO4/c1-10(2)14(5,12(17)18)8-11(16)15-6-7-19-13(3,4)9-15/h10H,6-9H2,1-5H3,(H,17,18). The van der Waals surface area contributed by atoms with Crippen LogP contribution in [-0.2, 0) is 14.3 Å². The molecule has 0 saturated carbocycles. The van der Waals surface area contributed by atoms with Gasteiger partial charge in [0.25, 0.3) is 0 Å². The van der Waals surface area contributed by atoms with E-state index < -0.39 is 11.4 Å². The number of nitrogens with zero attached hydrogens (tertiary/aromatic N) is 1. The number of hydrogen-bond acceptors (Lipinski definition) is 3. The Morgan fingerprint density at radius 1 is 1.42 bits per heavy atom. The Bertz CT molecular complexity index is 364. The predicted octanol–water partition coefficient (Wildman–Crippen LogP) is 1.76. The highest BCUT2D eigenvalue weighted by molar-refractivity contribution is 5.85. The van der Waals surface area contributed by atoms with Crippen LogP contribution >= 0.6 is 0 Å². The Labute approximate surface area is 114 Å². The number of carbonyl (C=O) groups is 2. The van der Waals surface area contributed by atoms with Crippen molar-refractivity contribution in [3.8, 4) is 0 Å². The summed E-state index contributed by atoms with van der Waals surface area (Å²) in [7, 11) is 0. The molecule has 0 aliphatic carbocycles. The zero-order valence-electron chi connectivity index (χ0n) is 12.5. The molecule has 1 aliphatic heterocycles. The highest BCUT2D eigenvalue weighted by Gasteiger charge is 2.41. The molecule has 1 fully saturated rings. The third-order valence-corrected chi connectivity index (χ3v) is 4.06. The van der Waals surface area contributed by atoms with Crippen molar-refractivity contribution in [2.24, 2.45) is 11.3 Å². The number of ether oxygens (including phenoxy) is 1. The lowest BCUT2D eigenvalue weighted by molar-refractivity contribution is -0.159. The van der Waals surface area contributed by atoms with Gasteiger partial charge < -0.3 is 14.7 Å². The van der Waals surface area contributed by atoms with E-state index in [1.807, 2.05) is 27.7 Å². The third kappa shape index (κ3) is 3.69. The fraction of sp³-hybridized carbons (Fsp3) is 0.857. The summed E-state index contributed by atoms with van der Waals surface area (Å²) >= 11 is 0. The van der Waals surface area contributed by atoms with Gasteiger partial charge in [-0.25, -0.2) is 0 Å². The molecule has 1 heterocycles. The van der Waals surface area contributed by atoms with Gasteiger partial charge >= 0.3 is 5.97 Å². The molecule has 110 valence electrons. The minimum Gasteiger partial charge on any atom is -0.481 e. The first-order valence-corrected chi connectivity index (χ1v) is 6.73. The summed E-state index contributed by atoms with van der Waals surface area (Å²) in [4.78, 5) is 25.4. The normalized spacial score (nSPS) is 22.1. The van der Waals surface area contributed by atoms with Gasteiger partial charge in [-0.15, -0.1) is 0 Å². The second kappa shape index (κ2) is 5.49. The maximum absolute atomic E-state index is 12.3. The molecule has 1 saturated heterocycles. The molecule has 0 bridgehead atoms. The number of morpholine rings is 1. The molecule has 1 atom stereocenters. The van der Waals surface area contributed by atoms with Crippen LogP contribution in [0.2, 0.25) is 0 Å². The summed E-state index contributed by atoms with van der Waals surface area (Å²) in [6.45, 7) is 10.7. The first kappa shape index (κ1) is 16.0. The summed E-state index contributed by atoms with van der Waals surface area (Å²) in [5.41, 5.74) is -1.37. The zero-order valence-corrected chi connectivity index (χ0v) is 12.5. The first-order chi connectivity index (χ1) is 8.58. The van der Waals surface area contributed by atoms with E-state index in [4.69, 9.17) is 4.74 Å². The second-order valence-corrected chi connectivity index (χ2v) is 6.48. The van der Waals surface area contributed by atoms with Crippen LogP contribution in [0.4, 0.5) is 0 Å². The molecule has 1 unspecified atom stereocenters. The van der Waals surface area contributed by atoms with E-state index in [9.17, 15) is 14.7 Å². The number of rotatable bonds is 4. The average molecular weight is 271 g/mol. The van der Waals surface area contributed by atoms with Gasteiger partial charge in [-0.2, -0.15) is 0 Å². The minimum absolute atomic E-state index is 0.0378. The van der Waals surface area contributed by atoms with Gasteiger partial charge in [0.1, 0.15) is 0 Å². The van der Waals surface area contributed by atoms with Gasteiger partial charge in [0, 0.05) is 19.5 Å². The zero-order chi connectivity index (χ0) is 14.8. The van der Waals surface area contributed by atoms with Gasteiger partial charge in [0.15, 0.2) is 0 Å². The van der Waals surface area contributed by atoms with Gasteiger partial charge in [-0.1, -0.05) is 13.8 Å². The quantitative estimate of drug-likeness (QED) is 0.846. The number of amides is 1. The fourth-order valence-corrected chi connectivity index (χ4v) is 2.18. The van der Waals surface area contributed by atoms with Crippen LogP contribution in [-0.4, -0.2) is 47.2 Å². The molecule has 5 nitrogen and oxygen atoms in total. The van der Waals surface area contributed by atoms with E-state index in [1.165, 1.54) is 0 Å². The van der Waals surface area contributed by atoms with Crippen molar-refractivity contribution in [1.29, 1.82) is 0 Å². The largest absolute Gasteiger partial charge is 0.481 e. The summed E-state index contributed by atoms with van der Waals surface area (Å²) < 4.78 is 5.56. The van der Waals surface area contributed by atoms with Crippen molar-refractivity contribution in [3.05, 3.63) is 0 Å². The van der Waals surface area contributed by atoms with Crippen LogP contribution in [0, 0.1) is 11.3 Å². The molecular weight excluding hydrogens is 246 g/mol. The second-order valence-electron chi connectivity index (χ2n) is 6.48. The molecule has 0 aromatic rings. The number of carboxylic acids is 1. The van der Waals surface area contributed by atoms with E-state index in [-0.39, 0.29) is 23.8 Å². The predicted molar refractivity (Wildman–Crippen MR) is 71.8 cm³/mol. The summed E-state index contributed by atoms with van der Waals surface area (Å²) in [6, 6.07) is 0. The van der Waals surface area contributed by atoms with Crippen molar-refractivity contribution >= 4 is 11.9 Å². The molecular formula is C14H25NO4. The average Bonchev–Trinajstić information content (AvgIpc) is 2.26. The van der Waals surface area contributed by atoms with Crippen LogP contribution in [0.25, 0.3) is 0 Å². The highest BCUT2D eigenvalue weighted by atomic mass is 16.5. The molecule has 1 amide bonds. The third-order valence-electron chi connectivity index (χ3n) is 4.06. The van der Waals surface area contributed by atoms with Gasteiger partial charge in [0.05, 0.1) is 17.6 Å². The Hall–Kier alpha value is -1.10. The number of aliphatic carboxylic acids is 1. The molecule has 1 rings (SSSR count). The van der Waals surface area contributed by atoms with Crippen LogP contribution in [0.1, 0.15) is 41.0 Å². The smallest absolute Gasteiger partial charge is 0.310 e. The molecule has 0 aromatic heterocycles. The van der Waals surface area contributed by atoms with E-state index in [0.717, 1.165) is 0 Å². The van der Waals surface area contributed by atoms with Gasteiger partial charge in [-0.3, -0.25) is 9.59 Å². The van der Waals surface area contributed by atoms with Crippen LogP contribution in [0.3, 0.4) is 0 Å². The Morgan fingerprint density at radius 3 is 2.42 bits per heavy atom. The molecule has 0 aromatic carbocycles. The number of carbonyl (C=O) groups excluding carboxylic acids is 1. The van der Waals surface area contributed by atoms with Crippen molar-refractivity contribution in [1.82, 2.24) is 4.90 Å². The maximum Gasteiger partial charge on any atom is 0.310 e. The van der Waals surface area contributed by atoms with Gasteiger partial charge in [0.2, 0.25) is 5.91 Å². The maximum atomic E-state index is 12.3. The summed E-state index contributed by atoms with van der Waals surface area (Å²) in [6.07, 6.45) is 0.0378. The van der Waals surface area contributed by atoms with Crippen molar-refractivity contribution in [3.63, 3.8) is 0 Å². The lowest BCUT2D eigenvalue weighted by Crippen LogP contribution is -2.52. The molecule has 19 heavy (non-hydrogen) atoms. The lowest BCUT2D eigenvalue weighted by atomic mass is 9.76.